The van der Waals surface area contributed by atoms with Crippen LogP contribution in [0.5, 0.6) is 0 Å². The number of ether oxygens (including phenoxy) is 1. The molecule has 0 saturated heterocycles. The maximum absolute atomic E-state index is 12.6. The van der Waals surface area contributed by atoms with Gasteiger partial charge in [-0.05, 0) is 12.1 Å². The Hall–Kier alpha value is -3.16. The maximum Gasteiger partial charge on any atom is 0.416 e. The number of benzene rings is 1. The van der Waals surface area contributed by atoms with Crippen LogP contribution in [-0.4, -0.2) is 23.7 Å². The van der Waals surface area contributed by atoms with E-state index in [0.29, 0.717) is 18.2 Å². The van der Waals surface area contributed by atoms with Gasteiger partial charge in [-0.15, -0.1) is 0 Å². The second-order valence-electron chi connectivity index (χ2n) is 3.66. The van der Waals surface area contributed by atoms with Gasteiger partial charge in [0, 0.05) is 6.07 Å². The molecule has 22 heavy (non-hydrogen) atoms. The van der Waals surface area contributed by atoms with Gasteiger partial charge in [-0.3, -0.25) is 15.5 Å². The first-order valence-corrected chi connectivity index (χ1v) is 5.38. The standard InChI is InChI=1S/C11H7F3N4O4/c1-22-10(19)8(5-15)17-16-7-4-6(11(12,13)14)2-3-9(7)18(20)21/h2-4,16H,1H3/b17-8+. The third-order valence-corrected chi connectivity index (χ3v) is 2.29. The second-order valence-corrected chi connectivity index (χ2v) is 3.66. The zero-order valence-electron chi connectivity index (χ0n) is 10.8. The fourth-order valence-electron chi connectivity index (χ4n) is 1.29. The number of hydrogen-bond donors (Lipinski definition) is 1. The van der Waals surface area contributed by atoms with E-state index >= 15 is 0 Å². The number of anilines is 1. The quantitative estimate of drug-likeness (QED) is 0.393. The number of nitro groups is 1. The predicted molar refractivity (Wildman–Crippen MR) is 66.8 cm³/mol. The van der Waals surface area contributed by atoms with Crippen LogP contribution < -0.4 is 5.43 Å². The molecular formula is C11H7F3N4O4. The fraction of sp³-hybridized carbons (Fsp3) is 0.182. The Morgan fingerprint density at radius 2 is 2.14 bits per heavy atom. The van der Waals surface area contributed by atoms with Crippen molar-refractivity contribution in [2.75, 3.05) is 12.5 Å². The smallest absolute Gasteiger partial charge is 0.416 e. The Morgan fingerprint density at radius 3 is 2.59 bits per heavy atom. The van der Waals surface area contributed by atoms with Gasteiger partial charge in [-0.2, -0.15) is 23.5 Å². The molecule has 0 unspecified atom stereocenters. The van der Waals surface area contributed by atoms with Gasteiger partial charge in [0.05, 0.1) is 17.6 Å². The number of rotatable bonds is 4. The van der Waals surface area contributed by atoms with Gasteiger partial charge < -0.3 is 4.74 Å². The minimum atomic E-state index is -4.73. The summed E-state index contributed by atoms with van der Waals surface area (Å²) >= 11 is 0. The van der Waals surface area contributed by atoms with Crippen LogP contribution in [0.15, 0.2) is 23.3 Å². The van der Waals surface area contributed by atoms with E-state index in [0.717, 1.165) is 7.11 Å². The van der Waals surface area contributed by atoms with Crippen molar-refractivity contribution in [1.29, 1.82) is 5.26 Å². The number of esters is 1. The number of nitriles is 1. The predicted octanol–water partition coefficient (Wildman–Crippen LogP) is 2.08. The molecule has 0 spiro atoms. The first kappa shape index (κ1) is 16.9. The molecule has 1 aromatic rings. The highest BCUT2D eigenvalue weighted by Gasteiger charge is 2.32. The Labute approximate surface area is 120 Å². The minimum absolute atomic E-state index is 0.438. The maximum atomic E-state index is 12.6. The van der Waals surface area contributed by atoms with Gasteiger partial charge in [0.1, 0.15) is 11.8 Å². The van der Waals surface area contributed by atoms with Crippen molar-refractivity contribution in [3.05, 3.63) is 33.9 Å². The molecule has 116 valence electrons. The molecule has 0 amide bonds. The van der Waals surface area contributed by atoms with E-state index in [1.165, 1.54) is 6.07 Å². The lowest BCUT2D eigenvalue weighted by molar-refractivity contribution is -0.384. The monoisotopic (exact) mass is 316 g/mol. The topological polar surface area (TPSA) is 118 Å². The molecule has 0 aliphatic carbocycles. The van der Waals surface area contributed by atoms with Crippen molar-refractivity contribution in [2.45, 2.75) is 6.18 Å². The first-order chi connectivity index (χ1) is 10.2. The molecule has 0 bridgehead atoms. The van der Waals surface area contributed by atoms with E-state index < -0.39 is 39.7 Å². The number of hydrazone groups is 1. The van der Waals surface area contributed by atoms with E-state index in [9.17, 15) is 28.1 Å². The zero-order valence-corrected chi connectivity index (χ0v) is 10.8. The highest BCUT2D eigenvalue weighted by Crippen LogP contribution is 2.34. The first-order valence-electron chi connectivity index (χ1n) is 5.38. The van der Waals surface area contributed by atoms with Gasteiger partial charge >= 0.3 is 12.1 Å². The Balaban J connectivity index is 3.27. The summed E-state index contributed by atoms with van der Waals surface area (Å²) in [5.41, 5.74) is -1.41. The second kappa shape index (κ2) is 6.53. The molecule has 1 N–H and O–H groups in total. The number of nitrogens with one attached hydrogen (secondary N) is 1. The molecule has 0 atom stereocenters. The van der Waals surface area contributed by atoms with Crippen LogP contribution in [0.25, 0.3) is 0 Å². The van der Waals surface area contributed by atoms with Crippen molar-refractivity contribution in [3.8, 4) is 6.07 Å². The lowest BCUT2D eigenvalue weighted by Crippen LogP contribution is -2.15. The normalized spacial score (nSPS) is 11.5. The molecule has 1 rings (SSSR count). The number of methoxy groups -OCH3 is 1. The van der Waals surface area contributed by atoms with Crippen molar-refractivity contribution < 1.29 is 27.6 Å². The summed E-state index contributed by atoms with van der Waals surface area (Å²) in [6, 6.07) is 2.93. The van der Waals surface area contributed by atoms with Gasteiger partial charge in [-0.25, -0.2) is 4.79 Å². The molecule has 0 saturated carbocycles. The van der Waals surface area contributed by atoms with Crippen molar-refractivity contribution in [3.63, 3.8) is 0 Å². The summed E-state index contributed by atoms with van der Waals surface area (Å²) in [5.74, 6) is -1.15. The number of halogens is 3. The van der Waals surface area contributed by atoms with Crippen LogP contribution >= 0.6 is 0 Å². The Kier molecular flexibility index (Phi) is 5.01. The number of hydrogen-bond acceptors (Lipinski definition) is 7. The molecule has 1 aromatic carbocycles. The van der Waals surface area contributed by atoms with E-state index in [4.69, 9.17) is 5.26 Å². The number of carbonyl (C=O) groups excluding carboxylic acids is 1. The average molecular weight is 316 g/mol. The third-order valence-electron chi connectivity index (χ3n) is 2.29. The molecule has 11 heteroatoms. The Morgan fingerprint density at radius 1 is 1.50 bits per heavy atom. The van der Waals surface area contributed by atoms with E-state index in [1.54, 1.807) is 0 Å². The van der Waals surface area contributed by atoms with Gasteiger partial charge in [0.2, 0.25) is 5.71 Å². The summed E-state index contributed by atoms with van der Waals surface area (Å²) in [6.45, 7) is 0. The lowest BCUT2D eigenvalue weighted by atomic mass is 10.1. The van der Waals surface area contributed by atoms with Crippen LogP contribution in [0.4, 0.5) is 24.5 Å². The summed E-state index contributed by atoms with van der Waals surface area (Å²) in [5, 5.41) is 22.6. The lowest BCUT2D eigenvalue weighted by Gasteiger charge is -2.09. The number of nitro benzene ring substituents is 1. The van der Waals surface area contributed by atoms with E-state index in [2.05, 4.69) is 9.84 Å². The van der Waals surface area contributed by atoms with Crippen molar-refractivity contribution in [2.24, 2.45) is 5.10 Å². The molecule has 0 radical (unpaired) electrons. The summed E-state index contributed by atoms with van der Waals surface area (Å²) in [7, 11) is 0.960. The number of nitrogens with zero attached hydrogens (tertiary/aromatic N) is 3. The van der Waals surface area contributed by atoms with Crippen molar-refractivity contribution >= 4 is 23.1 Å². The molecule has 0 aliphatic heterocycles. The number of alkyl halides is 3. The zero-order chi connectivity index (χ0) is 16.9. The van der Waals surface area contributed by atoms with E-state index in [-0.39, 0.29) is 0 Å². The highest BCUT2D eigenvalue weighted by molar-refractivity contribution is 6.43. The van der Waals surface area contributed by atoms with E-state index in [1.807, 2.05) is 5.43 Å². The molecule has 0 fully saturated rings. The third kappa shape index (κ3) is 3.92. The van der Waals surface area contributed by atoms with Crippen molar-refractivity contribution in [1.82, 2.24) is 0 Å². The fourth-order valence-corrected chi connectivity index (χ4v) is 1.29. The van der Waals surface area contributed by atoms with Gasteiger partial charge in [-0.1, -0.05) is 0 Å². The van der Waals surface area contributed by atoms with Crippen LogP contribution in [0.2, 0.25) is 0 Å². The molecule has 0 heterocycles. The summed E-state index contributed by atoms with van der Waals surface area (Å²) in [6.07, 6.45) is -4.73. The minimum Gasteiger partial charge on any atom is -0.464 e. The SMILES string of the molecule is COC(=O)/C(C#N)=N/Nc1cc(C(F)(F)F)ccc1[N+](=O)[O-]. The Bertz CT molecular complexity index is 679. The van der Waals surface area contributed by atoms with Gasteiger partial charge in [0.15, 0.2) is 0 Å². The van der Waals surface area contributed by atoms with Gasteiger partial charge in [0.25, 0.3) is 5.69 Å². The largest absolute Gasteiger partial charge is 0.464 e. The summed E-state index contributed by atoms with van der Waals surface area (Å²) < 4.78 is 42.0. The molecular weight excluding hydrogens is 309 g/mol. The molecule has 0 aliphatic rings. The molecule has 8 nitrogen and oxygen atoms in total. The van der Waals surface area contributed by atoms with Crippen LogP contribution in [0.1, 0.15) is 5.56 Å². The van der Waals surface area contributed by atoms with Crippen LogP contribution in [-0.2, 0) is 15.7 Å². The summed E-state index contributed by atoms with van der Waals surface area (Å²) in [4.78, 5) is 20.9. The number of carbonyl (C=O) groups is 1. The van der Waals surface area contributed by atoms with Crippen LogP contribution in [0, 0.1) is 21.4 Å². The highest BCUT2D eigenvalue weighted by atomic mass is 19.4. The molecule has 0 aromatic heterocycles. The average Bonchev–Trinajstić information content (AvgIpc) is 2.46. The van der Waals surface area contributed by atoms with Crippen LogP contribution in [0.3, 0.4) is 0 Å².